The number of hydrogen-bond acceptors (Lipinski definition) is 5. The highest BCUT2D eigenvalue weighted by atomic mass is 79.9. The Kier molecular flexibility index (Phi) is 8.50. The molecule has 0 atom stereocenters. The van der Waals surface area contributed by atoms with Crippen molar-refractivity contribution < 1.29 is 35.9 Å². The lowest BCUT2D eigenvalue weighted by molar-refractivity contribution is -0.274. The summed E-state index contributed by atoms with van der Waals surface area (Å²) < 4.78 is 79.3. The Morgan fingerprint density at radius 1 is 1.17 bits per heavy atom. The lowest BCUT2D eigenvalue weighted by Gasteiger charge is -2.14. The molecule has 0 aliphatic carbocycles. The Morgan fingerprint density at radius 2 is 1.63 bits per heavy atom. The monoisotopic (exact) mass is 585 g/mol. The van der Waals surface area contributed by atoms with Crippen LogP contribution in [0, 0.1) is 12.3 Å². The quantitative estimate of drug-likeness (QED) is 0.229. The summed E-state index contributed by atoms with van der Waals surface area (Å²) in [5.41, 5.74) is 7.55. The summed E-state index contributed by atoms with van der Waals surface area (Å²) in [6, 6.07) is 1.83. The number of nitrogens with two attached hydrogens (primary N) is 2. The molecule has 30 heavy (non-hydrogen) atoms. The number of benzene rings is 1. The van der Waals surface area contributed by atoms with Crippen LogP contribution in [0.1, 0.15) is 20.4 Å². The van der Waals surface area contributed by atoms with Crippen LogP contribution in [-0.4, -0.2) is 23.2 Å². The summed E-state index contributed by atoms with van der Waals surface area (Å²) in [6.45, 7) is 1.31. The predicted octanol–water partition coefficient (Wildman–Crippen LogP) is 4.98. The minimum Gasteiger partial charge on any atom is -0.406 e. The number of ether oxygens (including phenoxy) is 1. The zero-order valence-corrected chi connectivity index (χ0v) is 18.5. The first-order valence-corrected chi connectivity index (χ1v) is 9.61. The molecule has 6 N–H and O–H groups in total. The summed E-state index contributed by atoms with van der Waals surface area (Å²) in [6.07, 6.45) is -9.75. The molecule has 2 aromatic rings. The Morgan fingerprint density at radius 3 is 2.03 bits per heavy atom. The Balaban J connectivity index is 0.00000103. The van der Waals surface area contributed by atoms with E-state index in [0.29, 0.717) is 11.3 Å². The molecule has 16 heteroatoms. The molecule has 1 aromatic heterocycles. The van der Waals surface area contributed by atoms with Crippen molar-refractivity contribution in [3.63, 3.8) is 0 Å². The van der Waals surface area contributed by atoms with Crippen molar-refractivity contribution in [1.82, 2.24) is 4.98 Å². The van der Waals surface area contributed by atoms with E-state index in [4.69, 9.17) is 5.41 Å². The number of aromatic nitrogens is 1. The molecular weight excluding hydrogens is 576 g/mol. The zero-order valence-electron chi connectivity index (χ0n) is 14.5. The van der Waals surface area contributed by atoms with Gasteiger partial charge in [0.05, 0.1) is 10.7 Å². The number of rotatable bonds is 3. The number of nitrogens with zero attached hydrogens (tertiary/aromatic N) is 1. The minimum absolute atomic E-state index is 0.0331. The summed E-state index contributed by atoms with van der Waals surface area (Å²) in [7, 11) is 0. The standard InChI is InChI=1S/C13H6Br2F6N2O2S.CH5N3/c1-4-22-10(12(16,17)18)9(26-4)11(24)23-8-6(14)2-5(3-7(8)15)25-13(19,20)21;2-1(3)4/h2-3H,1H3,(H,23,24);(H5,2,3,4). The van der Waals surface area contributed by atoms with Gasteiger partial charge in [0.25, 0.3) is 5.91 Å². The highest BCUT2D eigenvalue weighted by molar-refractivity contribution is 9.11. The number of nitrogens with one attached hydrogen (secondary N) is 2. The number of halogens is 8. The second-order valence-electron chi connectivity index (χ2n) is 5.13. The molecule has 0 saturated heterocycles. The first-order chi connectivity index (χ1) is 13.5. The fourth-order valence-corrected chi connectivity index (χ4v) is 3.98. The molecule has 0 aliphatic rings. The van der Waals surface area contributed by atoms with Crippen LogP contribution >= 0.6 is 43.2 Å². The lowest BCUT2D eigenvalue weighted by Crippen LogP contribution is -2.20. The number of guanidine groups is 1. The van der Waals surface area contributed by atoms with E-state index in [9.17, 15) is 31.1 Å². The van der Waals surface area contributed by atoms with Crippen LogP contribution in [-0.2, 0) is 6.18 Å². The van der Waals surface area contributed by atoms with Crippen molar-refractivity contribution in [1.29, 1.82) is 5.41 Å². The normalized spacial score (nSPS) is 11.4. The van der Waals surface area contributed by atoms with E-state index in [2.05, 4.69) is 58.4 Å². The number of thiazole rings is 1. The van der Waals surface area contributed by atoms with Gasteiger partial charge in [0, 0.05) is 8.95 Å². The van der Waals surface area contributed by atoms with Gasteiger partial charge in [0.2, 0.25) is 0 Å². The molecule has 0 saturated carbocycles. The fraction of sp³-hybridized carbons (Fsp3) is 0.214. The van der Waals surface area contributed by atoms with E-state index in [1.807, 2.05) is 0 Å². The molecule has 0 bridgehead atoms. The molecule has 0 unspecified atom stereocenters. The lowest BCUT2D eigenvalue weighted by atomic mass is 10.2. The van der Waals surface area contributed by atoms with E-state index in [0.717, 1.165) is 12.1 Å². The molecule has 2 rings (SSSR count). The van der Waals surface area contributed by atoms with Crippen molar-refractivity contribution in [2.75, 3.05) is 5.32 Å². The van der Waals surface area contributed by atoms with Gasteiger partial charge in [-0.3, -0.25) is 10.2 Å². The molecule has 0 radical (unpaired) electrons. The van der Waals surface area contributed by atoms with Gasteiger partial charge in [0.1, 0.15) is 10.6 Å². The van der Waals surface area contributed by atoms with Gasteiger partial charge in [-0.2, -0.15) is 13.2 Å². The highest BCUT2D eigenvalue weighted by Gasteiger charge is 2.39. The minimum atomic E-state index is -4.93. The van der Waals surface area contributed by atoms with Crippen molar-refractivity contribution >= 4 is 60.8 Å². The first kappa shape index (κ1) is 26.0. The number of hydrogen-bond donors (Lipinski definition) is 4. The van der Waals surface area contributed by atoms with Gasteiger partial charge in [-0.15, -0.1) is 24.5 Å². The second kappa shape index (κ2) is 9.82. The van der Waals surface area contributed by atoms with Crippen molar-refractivity contribution in [2.24, 2.45) is 11.5 Å². The third kappa shape index (κ3) is 7.98. The van der Waals surface area contributed by atoms with E-state index >= 15 is 0 Å². The Hall–Kier alpha value is -2.07. The molecule has 7 nitrogen and oxygen atoms in total. The third-order valence-corrected chi connectivity index (χ3v) is 4.92. The summed E-state index contributed by atoms with van der Waals surface area (Å²) >= 11 is 6.43. The fourth-order valence-electron chi connectivity index (χ4n) is 1.81. The van der Waals surface area contributed by atoms with Crippen molar-refractivity contribution in [2.45, 2.75) is 19.5 Å². The number of carbonyl (C=O) groups excluding carboxylic acids is 1. The van der Waals surface area contributed by atoms with Crippen LogP contribution in [0.4, 0.5) is 32.0 Å². The van der Waals surface area contributed by atoms with Crippen LogP contribution in [0.3, 0.4) is 0 Å². The van der Waals surface area contributed by atoms with E-state index in [1.165, 1.54) is 6.92 Å². The molecule has 0 spiro atoms. The topological polar surface area (TPSA) is 127 Å². The van der Waals surface area contributed by atoms with Crippen LogP contribution in [0.2, 0.25) is 0 Å². The van der Waals surface area contributed by atoms with Gasteiger partial charge in [-0.05, 0) is 50.9 Å². The number of alkyl halides is 6. The molecule has 0 aliphatic heterocycles. The maximum absolute atomic E-state index is 13.0. The van der Waals surface area contributed by atoms with Crippen LogP contribution in [0.5, 0.6) is 5.75 Å². The first-order valence-electron chi connectivity index (χ1n) is 7.21. The zero-order chi connectivity index (χ0) is 23.4. The largest absolute Gasteiger partial charge is 0.573 e. The third-order valence-electron chi connectivity index (χ3n) is 2.70. The summed E-state index contributed by atoms with van der Waals surface area (Å²) in [5.74, 6) is -2.02. The molecule has 166 valence electrons. The van der Waals surface area contributed by atoms with Crippen LogP contribution in [0.25, 0.3) is 0 Å². The van der Waals surface area contributed by atoms with Crippen molar-refractivity contribution in [3.05, 3.63) is 36.7 Å². The van der Waals surface area contributed by atoms with Gasteiger partial charge in [0.15, 0.2) is 11.7 Å². The molecule has 1 aromatic carbocycles. The number of aryl methyl sites for hydroxylation is 1. The van der Waals surface area contributed by atoms with Crippen LogP contribution < -0.4 is 21.5 Å². The second-order valence-corrected chi connectivity index (χ2v) is 8.04. The number of carbonyl (C=O) groups is 1. The molecule has 1 heterocycles. The average Bonchev–Trinajstić information content (AvgIpc) is 2.91. The molecule has 1 amide bonds. The van der Waals surface area contributed by atoms with Gasteiger partial charge in [-0.1, -0.05) is 0 Å². The maximum atomic E-state index is 13.0. The van der Waals surface area contributed by atoms with Gasteiger partial charge in [-0.25, -0.2) is 4.98 Å². The van der Waals surface area contributed by atoms with Crippen LogP contribution in [0.15, 0.2) is 21.1 Å². The molecular formula is C14H11Br2F6N5O2S. The van der Waals surface area contributed by atoms with E-state index in [-0.39, 0.29) is 25.6 Å². The summed E-state index contributed by atoms with van der Waals surface area (Å²) in [5, 5.41) is 8.30. The number of amides is 1. The Bertz CT molecular complexity index is 921. The van der Waals surface area contributed by atoms with E-state index < -0.39 is 34.8 Å². The summed E-state index contributed by atoms with van der Waals surface area (Å²) in [4.78, 5) is 14.9. The average molecular weight is 587 g/mol. The van der Waals surface area contributed by atoms with E-state index in [1.54, 1.807) is 0 Å². The molecule has 0 fully saturated rings. The smallest absolute Gasteiger partial charge is 0.406 e. The predicted molar refractivity (Wildman–Crippen MR) is 104 cm³/mol. The maximum Gasteiger partial charge on any atom is 0.573 e. The van der Waals surface area contributed by atoms with Gasteiger partial charge >= 0.3 is 12.5 Å². The Labute approximate surface area is 185 Å². The SMILES string of the molecule is Cc1nc(C(F)(F)F)c(C(=O)Nc2c(Br)cc(OC(F)(F)F)cc2Br)s1.N=C(N)N. The van der Waals surface area contributed by atoms with Crippen molar-refractivity contribution in [3.8, 4) is 5.75 Å². The number of anilines is 1. The highest BCUT2D eigenvalue weighted by Crippen LogP contribution is 2.39. The van der Waals surface area contributed by atoms with Gasteiger partial charge < -0.3 is 21.5 Å².